The first kappa shape index (κ1) is 41.1. The summed E-state index contributed by atoms with van der Waals surface area (Å²) < 4.78 is 24.0. The summed E-state index contributed by atoms with van der Waals surface area (Å²) in [5.41, 5.74) is 0.501. The molecular weight excluding hydrogens is 705 g/mol. The fraction of sp³-hybridized carbons (Fsp3) is 0.600. The molecule has 0 fully saturated rings. The van der Waals surface area contributed by atoms with Crippen LogP contribution in [0.15, 0.2) is 39.2 Å². The number of hydrogen-bond donors (Lipinski definition) is 2. The van der Waals surface area contributed by atoms with Gasteiger partial charge in [-0.3, -0.25) is 0 Å². The Balaban J connectivity index is 2.01. The van der Waals surface area contributed by atoms with E-state index >= 15 is 0 Å². The molecular formula is C35H46N2O8S4. The first-order valence-electron chi connectivity index (χ1n) is 16.8. The van der Waals surface area contributed by atoms with E-state index in [9.17, 15) is 30.3 Å². The van der Waals surface area contributed by atoms with Gasteiger partial charge in [-0.2, -0.15) is 10.5 Å². The molecule has 268 valence electrons. The zero-order valence-corrected chi connectivity index (χ0v) is 31.9. The molecule has 0 amide bonds. The number of unbranched alkanes of at least 4 members (excludes halogenated alkanes) is 2. The molecule has 10 nitrogen and oxygen atoms in total. The number of carbonyl (C=O) groups excluding carboxylic acids is 2. The second-order valence-electron chi connectivity index (χ2n) is 11.5. The largest absolute Gasteiger partial charge is 0.489 e. The molecule has 2 N–H and O–H groups in total. The third-order valence-electron chi connectivity index (χ3n) is 8.00. The zero-order valence-electron chi connectivity index (χ0n) is 28.6. The lowest BCUT2D eigenvalue weighted by molar-refractivity contribution is -0.140. The van der Waals surface area contributed by atoms with Crippen LogP contribution in [-0.2, 0) is 30.4 Å². The van der Waals surface area contributed by atoms with Gasteiger partial charge < -0.3 is 29.2 Å². The summed E-state index contributed by atoms with van der Waals surface area (Å²) in [5.74, 6) is -0.525. The van der Waals surface area contributed by atoms with Crippen molar-refractivity contribution in [2.75, 3.05) is 39.6 Å². The minimum absolute atomic E-state index is 0.0274. The number of aliphatic hydroxyl groups excluding tert-OH is 2. The van der Waals surface area contributed by atoms with E-state index in [0.29, 0.717) is 39.4 Å². The van der Waals surface area contributed by atoms with Gasteiger partial charge in [0.05, 0.1) is 57.9 Å². The second kappa shape index (κ2) is 21.8. The maximum absolute atomic E-state index is 13.2. The highest BCUT2D eigenvalue weighted by molar-refractivity contribution is 8.25. The Hall–Kier alpha value is -2.30. The minimum atomic E-state index is -0.685. The predicted molar refractivity (Wildman–Crippen MR) is 193 cm³/mol. The molecule has 14 heteroatoms. The van der Waals surface area contributed by atoms with E-state index in [1.807, 2.05) is 12.1 Å². The topological polar surface area (TPSA) is 159 Å². The average Bonchev–Trinajstić information content (AvgIpc) is 3.74. The van der Waals surface area contributed by atoms with Gasteiger partial charge in [0.1, 0.15) is 24.5 Å². The molecule has 2 atom stereocenters. The van der Waals surface area contributed by atoms with E-state index in [2.05, 4.69) is 27.7 Å². The lowest BCUT2D eigenvalue weighted by Gasteiger charge is -2.17. The Kier molecular flexibility index (Phi) is 18.3. The Morgan fingerprint density at radius 3 is 1.55 bits per heavy atom. The predicted octanol–water partition coefficient (Wildman–Crippen LogP) is 7.95. The molecule has 0 bridgehead atoms. The minimum Gasteiger partial charge on any atom is -0.489 e. The first-order chi connectivity index (χ1) is 23.8. The number of nitriles is 2. The van der Waals surface area contributed by atoms with E-state index in [4.69, 9.17) is 18.9 Å². The zero-order chi connectivity index (χ0) is 35.8. The lowest BCUT2D eigenvalue weighted by Crippen LogP contribution is -2.15. The van der Waals surface area contributed by atoms with Gasteiger partial charge in [-0.05, 0) is 24.7 Å². The highest BCUT2D eigenvalue weighted by Gasteiger charge is 2.39. The van der Waals surface area contributed by atoms with Crippen molar-refractivity contribution in [2.24, 2.45) is 11.8 Å². The number of esters is 2. The molecule has 2 aliphatic heterocycles. The van der Waals surface area contributed by atoms with Crippen LogP contribution in [0.2, 0.25) is 0 Å². The second-order valence-corrected chi connectivity index (χ2v) is 16.1. The van der Waals surface area contributed by atoms with E-state index < -0.39 is 11.9 Å². The normalized spacial score (nSPS) is 16.6. The van der Waals surface area contributed by atoms with Crippen LogP contribution < -0.4 is 4.74 Å². The summed E-state index contributed by atoms with van der Waals surface area (Å²) in [4.78, 5) is 29.1. The van der Waals surface area contributed by atoms with Gasteiger partial charge in [-0.15, -0.1) is 0 Å². The molecule has 1 aromatic carbocycles. The van der Waals surface area contributed by atoms with Crippen LogP contribution in [0.5, 0.6) is 5.75 Å². The molecule has 49 heavy (non-hydrogen) atoms. The number of aliphatic hydroxyl groups is 2. The highest BCUT2D eigenvalue weighted by atomic mass is 32.2. The van der Waals surface area contributed by atoms with Crippen molar-refractivity contribution < 1.29 is 38.7 Å². The molecule has 0 saturated carbocycles. The highest BCUT2D eigenvalue weighted by Crippen LogP contribution is 2.66. The number of fused-ring (bicyclic) bond motifs is 2. The van der Waals surface area contributed by atoms with E-state index in [0.717, 1.165) is 51.4 Å². The van der Waals surface area contributed by atoms with Crippen molar-refractivity contribution >= 4 is 59.0 Å². The monoisotopic (exact) mass is 750 g/mol. The van der Waals surface area contributed by atoms with Gasteiger partial charge >= 0.3 is 11.9 Å². The quantitative estimate of drug-likeness (QED) is 0.0539. The van der Waals surface area contributed by atoms with Gasteiger partial charge in [0.15, 0.2) is 11.1 Å². The van der Waals surface area contributed by atoms with Crippen LogP contribution in [0.1, 0.15) is 84.6 Å². The molecule has 2 heterocycles. The summed E-state index contributed by atoms with van der Waals surface area (Å²) in [5, 5.41) is 39.3. The average molecular weight is 751 g/mol. The molecule has 0 spiro atoms. The molecule has 2 unspecified atom stereocenters. The van der Waals surface area contributed by atoms with Gasteiger partial charge in [0, 0.05) is 15.4 Å². The number of rotatable bonds is 21. The van der Waals surface area contributed by atoms with Crippen LogP contribution in [0.3, 0.4) is 0 Å². The molecule has 3 rings (SSSR count). The van der Waals surface area contributed by atoms with Crippen LogP contribution in [-0.4, -0.2) is 61.8 Å². The van der Waals surface area contributed by atoms with Crippen LogP contribution in [0.25, 0.3) is 0 Å². The van der Waals surface area contributed by atoms with Crippen molar-refractivity contribution in [1.82, 2.24) is 0 Å². The molecule has 0 aromatic heterocycles. The SMILES string of the molecule is CCCCC(CC)COC(=O)/C(C#N)=C1/Sc2c(COCCO)c3c(c(OCCO)c2S1)S/C(=C(\C#N)C(=O)OCC(CC)CCCC)S3. The summed E-state index contributed by atoms with van der Waals surface area (Å²) in [6.07, 6.45) is 7.78. The number of carbonyl (C=O) groups is 2. The van der Waals surface area contributed by atoms with Crippen molar-refractivity contribution in [3.63, 3.8) is 0 Å². The third kappa shape index (κ3) is 11.1. The molecule has 0 aliphatic carbocycles. The van der Waals surface area contributed by atoms with Crippen molar-refractivity contribution in [1.29, 1.82) is 10.5 Å². The number of nitrogens with zero attached hydrogens (tertiary/aromatic N) is 2. The first-order valence-corrected chi connectivity index (χ1v) is 20.1. The summed E-state index contributed by atoms with van der Waals surface area (Å²) in [7, 11) is 0. The standard InChI is InChI=1S/C35H46N2O8S4/c1-5-9-11-22(7-3)19-44-32(40)24(17-36)34-46-28-26(21-42-15-13-38)29-31(27(30(28)48-34)43-16-14-39)49-35(47-29)25(18-37)33(41)45-20-23(8-4)12-10-6-2/h22-23,38-39H,5-16,19-21H2,1-4H3/b34-24-,35-25+. The fourth-order valence-corrected chi connectivity index (χ4v) is 10.5. The maximum atomic E-state index is 13.2. The van der Waals surface area contributed by atoms with E-state index in [1.165, 1.54) is 47.0 Å². The maximum Gasteiger partial charge on any atom is 0.350 e. The summed E-state index contributed by atoms with van der Waals surface area (Å²) in [6, 6.07) is 4.09. The fourth-order valence-electron chi connectivity index (χ4n) is 5.03. The number of thioether (sulfide) groups is 4. The van der Waals surface area contributed by atoms with Crippen molar-refractivity contribution in [2.45, 2.75) is 105 Å². The molecule has 0 saturated heterocycles. The number of ether oxygens (including phenoxy) is 4. The van der Waals surface area contributed by atoms with Crippen LogP contribution in [0.4, 0.5) is 0 Å². The van der Waals surface area contributed by atoms with Crippen LogP contribution in [0, 0.1) is 34.5 Å². The van der Waals surface area contributed by atoms with E-state index in [-0.39, 0.29) is 69.2 Å². The Labute approximate surface area is 306 Å². The van der Waals surface area contributed by atoms with Gasteiger partial charge in [-0.1, -0.05) is 113 Å². The molecule has 2 aliphatic rings. The Bertz CT molecular complexity index is 1370. The third-order valence-corrected chi connectivity index (χ3v) is 13.3. The lowest BCUT2D eigenvalue weighted by atomic mass is 10.0. The van der Waals surface area contributed by atoms with Gasteiger partial charge in [-0.25, -0.2) is 9.59 Å². The molecule has 1 aromatic rings. The summed E-state index contributed by atoms with van der Waals surface area (Å²) in [6.45, 7) is 8.49. The summed E-state index contributed by atoms with van der Waals surface area (Å²) >= 11 is 4.86. The van der Waals surface area contributed by atoms with E-state index in [1.54, 1.807) is 0 Å². The smallest absolute Gasteiger partial charge is 0.350 e. The number of benzene rings is 1. The number of hydrogen-bond acceptors (Lipinski definition) is 14. The Morgan fingerprint density at radius 1 is 0.714 bits per heavy atom. The van der Waals surface area contributed by atoms with Crippen molar-refractivity contribution in [3.05, 3.63) is 25.2 Å². The Morgan fingerprint density at radius 2 is 1.16 bits per heavy atom. The van der Waals surface area contributed by atoms with Crippen LogP contribution >= 0.6 is 47.0 Å². The molecule has 0 radical (unpaired) electrons. The van der Waals surface area contributed by atoms with Crippen molar-refractivity contribution in [3.8, 4) is 17.9 Å². The van der Waals surface area contributed by atoms with Gasteiger partial charge in [0.25, 0.3) is 0 Å². The van der Waals surface area contributed by atoms with Gasteiger partial charge in [0.2, 0.25) is 0 Å².